The fourth-order valence-corrected chi connectivity index (χ4v) is 6.03. The Morgan fingerprint density at radius 2 is 1.26 bits per heavy atom. The van der Waals surface area contributed by atoms with Crippen molar-refractivity contribution in [2.75, 3.05) is 0 Å². The van der Waals surface area contributed by atoms with Crippen molar-refractivity contribution in [2.45, 2.75) is 25.2 Å². The van der Waals surface area contributed by atoms with Gasteiger partial charge in [-0.05, 0) is 64.1 Å². The van der Waals surface area contributed by atoms with E-state index in [4.69, 9.17) is 0 Å². The van der Waals surface area contributed by atoms with E-state index in [1.54, 1.807) is 0 Å². The SMILES string of the molecule is O=C1c2c(c3ccccc3c3ccccc23)[C@@H]2[C@H]3CC[C@H](C3)[C@H]12. The zero-order chi connectivity index (χ0) is 15.1. The normalized spacial score (nSPS) is 31.0. The molecule has 1 nitrogen and oxygen atoms in total. The molecule has 3 aliphatic rings. The Morgan fingerprint density at radius 3 is 2.00 bits per heavy atom. The van der Waals surface area contributed by atoms with Gasteiger partial charge in [0.25, 0.3) is 0 Å². The molecular formula is C22H18O. The first kappa shape index (κ1) is 12.3. The highest BCUT2D eigenvalue weighted by Gasteiger charge is 2.56. The first-order chi connectivity index (χ1) is 11.3. The van der Waals surface area contributed by atoms with Gasteiger partial charge in [0.15, 0.2) is 5.78 Å². The van der Waals surface area contributed by atoms with Gasteiger partial charge in [-0.15, -0.1) is 0 Å². The van der Waals surface area contributed by atoms with Gasteiger partial charge in [0.1, 0.15) is 0 Å². The summed E-state index contributed by atoms with van der Waals surface area (Å²) in [4.78, 5) is 13.3. The van der Waals surface area contributed by atoms with Gasteiger partial charge in [-0.25, -0.2) is 0 Å². The average molecular weight is 298 g/mol. The second-order valence-electron chi connectivity index (χ2n) is 7.63. The Hall–Kier alpha value is -2.15. The highest BCUT2D eigenvalue weighted by atomic mass is 16.1. The fourth-order valence-electron chi connectivity index (χ4n) is 6.03. The fraction of sp³-hybridized carbons (Fsp3) is 0.318. The first-order valence-corrected chi connectivity index (χ1v) is 8.82. The van der Waals surface area contributed by atoms with Crippen molar-refractivity contribution in [1.29, 1.82) is 0 Å². The summed E-state index contributed by atoms with van der Waals surface area (Å²) in [7, 11) is 0. The van der Waals surface area contributed by atoms with Crippen molar-refractivity contribution >= 4 is 27.3 Å². The standard InChI is InChI=1S/C22H18O/c23-22-19-13-10-9-12(11-13)18(19)20-16-7-3-1-5-14(16)15-6-2-4-8-17(15)21(20)22/h1-8,12-13,18-19H,9-11H2/t12-,13+,18+,19-/m0/s1. The van der Waals surface area contributed by atoms with Crippen LogP contribution in [0.4, 0.5) is 0 Å². The number of rotatable bonds is 0. The van der Waals surface area contributed by atoms with Crippen molar-refractivity contribution in [1.82, 2.24) is 0 Å². The van der Waals surface area contributed by atoms with E-state index in [-0.39, 0.29) is 5.92 Å². The predicted octanol–water partition coefficient (Wildman–Crippen LogP) is 5.32. The summed E-state index contributed by atoms with van der Waals surface area (Å²) in [5.74, 6) is 2.59. The molecule has 2 fully saturated rings. The summed E-state index contributed by atoms with van der Waals surface area (Å²) < 4.78 is 0. The number of Topliss-reactive ketones (excluding diaryl/α,β-unsaturated/α-hetero) is 1. The lowest BCUT2D eigenvalue weighted by Crippen LogP contribution is -2.20. The minimum Gasteiger partial charge on any atom is -0.294 e. The lowest BCUT2D eigenvalue weighted by Gasteiger charge is -2.24. The van der Waals surface area contributed by atoms with E-state index >= 15 is 0 Å². The number of hydrogen-bond acceptors (Lipinski definition) is 1. The summed E-state index contributed by atoms with van der Waals surface area (Å²) in [5.41, 5.74) is 2.45. The van der Waals surface area contributed by atoms with E-state index in [2.05, 4.69) is 48.5 Å². The van der Waals surface area contributed by atoms with E-state index < -0.39 is 0 Å². The molecule has 6 rings (SSSR count). The van der Waals surface area contributed by atoms with Crippen LogP contribution >= 0.6 is 0 Å². The van der Waals surface area contributed by atoms with Crippen LogP contribution in [0.2, 0.25) is 0 Å². The van der Waals surface area contributed by atoms with E-state index in [9.17, 15) is 4.79 Å². The highest BCUT2D eigenvalue weighted by molar-refractivity contribution is 6.22. The van der Waals surface area contributed by atoms with E-state index in [0.29, 0.717) is 17.6 Å². The second-order valence-corrected chi connectivity index (χ2v) is 7.63. The van der Waals surface area contributed by atoms with E-state index in [0.717, 1.165) is 11.5 Å². The van der Waals surface area contributed by atoms with Gasteiger partial charge < -0.3 is 0 Å². The maximum absolute atomic E-state index is 13.3. The predicted molar refractivity (Wildman–Crippen MR) is 92.8 cm³/mol. The van der Waals surface area contributed by atoms with Gasteiger partial charge in [-0.1, -0.05) is 48.5 Å². The Balaban J connectivity index is 1.82. The van der Waals surface area contributed by atoms with Crippen LogP contribution in [0.3, 0.4) is 0 Å². The molecule has 3 aromatic rings. The van der Waals surface area contributed by atoms with Gasteiger partial charge in [0.05, 0.1) is 0 Å². The molecule has 2 bridgehead atoms. The summed E-state index contributed by atoms with van der Waals surface area (Å²) in [6.45, 7) is 0. The molecule has 0 unspecified atom stereocenters. The van der Waals surface area contributed by atoms with Crippen LogP contribution < -0.4 is 0 Å². The molecule has 112 valence electrons. The maximum atomic E-state index is 13.3. The maximum Gasteiger partial charge on any atom is 0.167 e. The topological polar surface area (TPSA) is 17.1 Å². The lowest BCUT2D eigenvalue weighted by atomic mass is 9.78. The van der Waals surface area contributed by atoms with Crippen molar-refractivity contribution < 1.29 is 4.79 Å². The Labute approximate surface area is 135 Å². The number of carbonyl (C=O) groups excluding carboxylic acids is 1. The van der Waals surface area contributed by atoms with Crippen LogP contribution in [-0.2, 0) is 0 Å². The molecule has 3 aromatic carbocycles. The first-order valence-electron chi connectivity index (χ1n) is 8.82. The van der Waals surface area contributed by atoms with Crippen LogP contribution in [0.5, 0.6) is 0 Å². The molecule has 0 amide bonds. The molecule has 0 aromatic heterocycles. The number of ketones is 1. The summed E-state index contributed by atoms with van der Waals surface area (Å²) in [6, 6.07) is 17.2. The third kappa shape index (κ3) is 1.33. The van der Waals surface area contributed by atoms with Gasteiger partial charge in [-0.2, -0.15) is 0 Å². The van der Waals surface area contributed by atoms with Gasteiger partial charge >= 0.3 is 0 Å². The van der Waals surface area contributed by atoms with Crippen LogP contribution in [0.15, 0.2) is 48.5 Å². The number of hydrogen-bond donors (Lipinski definition) is 0. The lowest BCUT2D eigenvalue weighted by molar-refractivity contribution is 0.0884. The van der Waals surface area contributed by atoms with Crippen LogP contribution in [0.1, 0.15) is 41.1 Å². The molecule has 2 saturated carbocycles. The molecule has 23 heavy (non-hydrogen) atoms. The number of carbonyl (C=O) groups is 1. The Morgan fingerprint density at radius 1 is 0.696 bits per heavy atom. The molecule has 0 heterocycles. The molecule has 0 N–H and O–H groups in total. The van der Waals surface area contributed by atoms with Crippen molar-refractivity contribution in [2.24, 2.45) is 17.8 Å². The van der Waals surface area contributed by atoms with Crippen LogP contribution in [-0.4, -0.2) is 5.78 Å². The zero-order valence-electron chi connectivity index (χ0n) is 13.0. The quantitative estimate of drug-likeness (QED) is 0.513. The average Bonchev–Trinajstić information content (AvgIpc) is 3.28. The Kier molecular flexibility index (Phi) is 2.15. The number of benzene rings is 3. The molecule has 0 spiro atoms. The molecule has 0 aliphatic heterocycles. The minimum absolute atomic E-state index is 0.276. The molecule has 4 atom stereocenters. The Bertz CT molecular complexity index is 999. The molecule has 0 saturated heterocycles. The number of fused-ring (bicyclic) bond motifs is 12. The third-order valence-electron chi connectivity index (χ3n) is 6.77. The zero-order valence-corrected chi connectivity index (χ0v) is 13.0. The van der Waals surface area contributed by atoms with Crippen LogP contribution in [0, 0.1) is 17.8 Å². The summed E-state index contributed by atoms with van der Waals surface area (Å²) in [5, 5.41) is 5.06. The minimum atomic E-state index is 0.276. The van der Waals surface area contributed by atoms with Crippen LogP contribution in [0.25, 0.3) is 21.5 Å². The van der Waals surface area contributed by atoms with Crippen molar-refractivity contribution in [3.63, 3.8) is 0 Å². The largest absolute Gasteiger partial charge is 0.294 e. The summed E-state index contributed by atoms with van der Waals surface area (Å²) >= 11 is 0. The molecule has 0 radical (unpaired) electrons. The van der Waals surface area contributed by atoms with Gasteiger partial charge in [-0.3, -0.25) is 4.79 Å². The third-order valence-corrected chi connectivity index (χ3v) is 6.77. The summed E-state index contributed by atoms with van der Waals surface area (Å²) in [6.07, 6.45) is 3.86. The second kappa shape index (κ2) is 4.03. The molecular weight excluding hydrogens is 280 g/mol. The van der Waals surface area contributed by atoms with Crippen molar-refractivity contribution in [3.05, 3.63) is 59.7 Å². The van der Waals surface area contributed by atoms with Crippen molar-refractivity contribution in [3.8, 4) is 0 Å². The highest BCUT2D eigenvalue weighted by Crippen LogP contribution is 2.63. The van der Waals surface area contributed by atoms with E-state index in [1.165, 1.54) is 46.4 Å². The van der Waals surface area contributed by atoms with Gasteiger partial charge in [0, 0.05) is 11.5 Å². The smallest absolute Gasteiger partial charge is 0.167 e. The monoisotopic (exact) mass is 298 g/mol. The van der Waals surface area contributed by atoms with Gasteiger partial charge in [0.2, 0.25) is 0 Å². The molecule has 1 heteroatoms. The van der Waals surface area contributed by atoms with E-state index in [1.807, 2.05) is 0 Å². The molecule has 3 aliphatic carbocycles.